The van der Waals surface area contributed by atoms with Gasteiger partial charge in [0.25, 0.3) is 5.91 Å². The normalized spacial score (nSPS) is 15.2. The molecule has 1 heterocycles. The van der Waals surface area contributed by atoms with Crippen molar-refractivity contribution < 1.29 is 14.3 Å². The van der Waals surface area contributed by atoms with Crippen LogP contribution in [0.2, 0.25) is 0 Å². The highest BCUT2D eigenvalue weighted by atomic mass is 79.9. The van der Waals surface area contributed by atoms with Crippen LogP contribution in [-0.2, 0) is 4.79 Å². The number of hydrogen-bond acceptors (Lipinski definition) is 3. The quantitative estimate of drug-likeness (QED) is 0.787. The first-order valence-corrected chi connectivity index (χ1v) is 6.11. The van der Waals surface area contributed by atoms with Crippen molar-refractivity contribution in [1.29, 1.82) is 0 Å². The van der Waals surface area contributed by atoms with E-state index < -0.39 is 0 Å². The average molecular weight is 298 g/mol. The minimum atomic E-state index is -0.281. The molecule has 1 aliphatic heterocycles. The van der Waals surface area contributed by atoms with Gasteiger partial charge >= 0.3 is 0 Å². The highest BCUT2D eigenvalue weighted by molar-refractivity contribution is 9.10. The van der Waals surface area contributed by atoms with Gasteiger partial charge < -0.3 is 4.74 Å². The highest BCUT2D eigenvalue weighted by Gasteiger charge is 2.28. The number of amides is 2. The van der Waals surface area contributed by atoms with Crippen LogP contribution in [0, 0.1) is 0 Å². The van der Waals surface area contributed by atoms with E-state index in [0.29, 0.717) is 24.3 Å². The van der Waals surface area contributed by atoms with Gasteiger partial charge in [-0.3, -0.25) is 14.5 Å². The summed E-state index contributed by atoms with van der Waals surface area (Å²) in [5.41, 5.74) is 0.422. The maximum Gasteiger partial charge on any atom is 0.264 e. The maximum absolute atomic E-state index is 12.2. The SMILES string of the molecule is COc1cc(Br)ccc1C(=O)N1CCCC1=O. The van der Waals surface area contributed by atoms with Crippen LogP contribution in [0.3, 0.4) is 0 Å². The molecule has 0 saturated carbocycles. The Morgan fingerprint density at radius 3 is 2.82 bits per heavy atom. The van der Waals surface area contributed by atoms with E-state index in [1.165, 1.54) is 12.0 Å². The van der Waals surface area contributed by atoms with Crippen LogP contribution in [0.1, 0.15) is 23.2 Å². The Morgan fingerprint density at radius 2 is 2.24 bits per heavy atom. The molecule has 4 nitrogen and oxygen atoms in total. The first kappa shape index (κ1) is 12.1. The van der Waals surface area contributed by atoms with Gasteiger partial charge in [-0.25, -0.2) is 0 Å². The van der Waals surface area contributed by atoms with E-state index in [1.54, 1.807) is 18.2 Å². The second-order valence-electron chi connectivity index (χ2n) is 3.80. The number of carbonyl (C=O) groups excluding carboxylic acids is 2. The number of benzene rings is 1. The summed E-state index contributed by atoms with van der Waals surface area (Å²) in [5.74, 6) is 0.0842. The van der Waals surface area contributed by atoms with Gasteiger partial charge in [-0.1, -0.05) is 15.9 Å². The number of imide groups is 1. The highest BCUT2D eigenvalue weighted by Crippen LogP contribution is 2.26. The molecule has 5 heteroatoms. The summed E-state index contributed by atoms with van der Waals surface area (Å²) < 4.78 is 5.99. The third kappa shape index (κ3) is 2.34. The predicted molar refractivity (Wildman–Crippen MR) is 66.0 cm³/mol. The molecular formula is C12H12BrNO3. The average Bonchev–Trinajstić information content (AvgIpc) is 2.74. The number of likely N-dealkylation sites (tertiary alicyclic amines) is 1. The Bertz CT molecular complexity index is 473. The van der Waals surface area contributed by atoms with Gasteiger partial charge in [0.05, 0.1) is 12.7 Å². The van der Waals surface area contributed by atoms with Crippen molar-refractivity contribution in [2.75, 3.05) is 13.7 Å². The van der Waals surface area contributed by atoms with Crippen LogP contribution < -0.4 is 4.74 Å². The molecule has 2 rings (SSSR count). The molecule has 0 spiro atoms. The molecule has 0 bridgehead atoms. The molecule has 17 heavy (non-hydrogen) atoms. The van der Waals surface area contributed by atoms with Crippen molar-refractivity contribution in [3.05, 3.63) is 28.2 Å². The van der Waals surface area contributed by atoms with E-state index in [-0.39, 0.29) is 11.8 Å². The molecule has 1 fully saturated rings. The number of rotatable bonds is 2. The maximum atomic E-state index is 12.2. The van der Waals surface area contributed by atoms with Crippen LogP contribution in [0.25, 0.3) is 0 Å². The van der Waals surface area contributed by atoms with Crippen molar-refractivity contribution in [2.24, 2.45) is 0 Å². The van der Waals surface area contributed by atoms with Gasteiger partial charge in [-0.2, -0.15) is 0 Å². The molecule has 0 radical (unpaired) electrons. The first-order chi connectivity index (χ1) is 8.13. The lowest BCUT2D eigenvalue weighted by molar-refractivity contribution is -0.125. The second-order valence-corrected chi connectivity index (χ2v) is 4.71. The monoisotopic (exact) mass is 297 g/mol. The number of ether oxygens (including phenoxy) is 1. The summed E-state index contributed by atoms with van der Waals surface area (Å²) >= 11 is 3.31. The molecule has 1 aromatic carbocycles. The van der Waals surface area contributed by atoms with E-state index in [4.69, 9.17) is 4.74 Å². The molecule has 1 aromatic rings. The zero-order valence-corrected chi connectivity index (χ0v) is 11.0. The summed E-state index contributed by atoms with van der Waals surface area (Å²) in [5, 5.41) is 0. The molecular weight excluding hydrogens is 286 g/mol. The zero-order chi connectivity index (χ0) is 12.4. The fourth-order valence-electron chi connectivity index (χ4n) is 1.85. The summed E-state index contributed by atoms with van der Waals surface area (Å²) in [6.07, 6.45) is 1.19. The van der Waals surface area contributed by atoms with Crippen molar-refractivity contribution in [2.45, 2.75) is 12.8 Å². The lowest BCUT2D eigenvalue weighted by Gasteiger charge is -2.15. The summed E-state index contributed by atoms with van der Waals surface area (Å²) in [7, 11) is 1.50. The molecule has 0 aliphatic carbocycles. The van der Waals surface area contributed by atoms with Gasteiger partial charge in [0.2, 0.25) is 5.91 Å². The van der Waals surface area contributed by atoms with Gasteiger partial charge in [-0.05, 0) is 24.6 Å². The number of carbonyl (C=O) groups is 2. The summed E-state index contributed by atoms with van der Waals surface area (Å²) in [6, 6.07) is 5.14. The molecule has 2 amide bonds. The van der Waals surface area contributed by atoms with Crippen LogP contribution in [0.15, 0.2) is 22.7 Å². The number of halogens is 1. The molecule has 1 saturated heterocycles. The third-order valence-corrected chi connectivity index (χ3v) is 3.21. The standard InChI is InChI=1S/C12H12BrNO3/c1-17-10-7-8(13)4-5-9(10)12(16)14-6-2-3-11(14)15/h4-5,7H,2-3,6H2,1H3. The van der Waals surface area contributed by atoms with Crippen LogP contribution in [0.5, 0.6) is 5.75 Å². The Morgan fingerprint density at radius 1 is 1.47 bits per heavy atom. The largest absolute Gasteiger partial charge is 0.496 e. The van der Waals surface area contributed by atoms with E-state index in [2.05, 4.69) is 15.9 Å². The Balaban J connectivity index is 2.33. The minimum Gasteiger partial charge on any atom is -0.496 e. The fourth-order valence-corrected chi connectivity index (χ4v) is 2.19. The lowest BCUT2D eigenvalue weighted by Crippen LogP contribution is -2.32. The second kappa shape index (κ2) is 4.87. The molecule has 0 unspecified atom stereocenters. The molecule has 0 atom stereocenters. The van der Waals surface area contributed by atoms with E-state index in [1.807, 2.05) is 0 Å². The molecule has 0 N–H and O–H groups in total. The first-order valence-electron chi connectivity index (χ1n) is 5.31. The Labute approximate surface area is 108 Å². The van der Waals surface area contributed by atoms with Crippen LogP contribution in [-0.4, -0.2) is 30.4 Å². The Kier molecular flexibility index (Phi) is 3.47. The third-order valence-electron chi connectivity index (χ3n) is 2.71. The predicted octanol–water partition coefficient (Wildman–Crippen LogP) is 2.22. The van der Waals surface area contributed by atoms with Crippen molar-refractivity contribution in [3.63, 3.8) is 0 Å². The molecule has 0 aromatic heterocycles. The zero-order valence-electron chi connectivity index (χ0n) is 9.40. The van der Waals surface area contributed by atoms with Crippen LogP contribution in [0.4, 0.5) is 0 Å². The van der Waals surface area contributed by atoms with Crippen LogP contribution >= 0.6 is 15.9 Å². The molecule has 90 valence electrons. The van der Waals surface area contributed by atoms with Crippen molar-refractivity contribution >= 4 is 27.7 Å². The van der Waals surface area contributed by atoms with E-state index in [9.17, 15) is 9.59 Å². The smallest absolute Gasteiger partial charge is 0.264 e. The number of nitrogens with zero attached hydrogens (tertiary/aromatic N) is 1. The fraction of sp³-hybridized carbons (Fsp3) is 0.333. The van der Waals surface area contributed by atoms with Crippen molar-refractivity contribution in [3.8, 4) is 5.75 Å². The summed E-state index contributed by atoms with van der Waals surface area (Å²) in [4.78, 5) is 25.0. The summed E-state index contributed by atoms with van der Waals surface area (Å²) in [6.45, 7) is 0.497. The lowest BCUT2D eigenvalue weighted by atomic mass is 10.2. The van der Waals surface area contributed by atoms with E-state index in [0.717, 1.165) is 10.9 Å². The Hall–Kier alpha value is -1.36. The number of hydrogen-bond donors (Lipinski definition) is 0. The number of methoxy groups -OCH3 is 1. The minimum absolute atomic E-state index is 0.111. The van der Waals surface area contributed by atoms with Gasteiger partial charge in [-0.15, -0.1) is 0 Å². The topological polar surface area (TPSA) is 46.6 Å². The van der Waals surface area contributed by atoms with Gasteiger partial charge in [0, 0.05) is 17.4 Å². The van der Waals surface area contributed by atoms with Crippen molar-refractivity contribution in [1.82, 2.24) is 4.90 Å². The van der Waals surface area contributed by atoms with E-state index >= 15 is 0 Å². The molecule has 1 aliphatic rings. The van der Waals surface area contributed by atoms with Gasteiger partial charge in [0.1, 0.15) is 5.75 Å². The van der Waals surface area contributed by atoms with Gasteiger partial charge in [0.15, 0.2) is 0 Å².